The highest BCUT2D eigenvalue weighted by atomic mass is 32.1. The van der Waals surface area contributed by atoms with Crippen molar-refractivity contribution >= 4 is 22.9 Å². The van der Waals surface area contributed by atoms with Gasteiger partial charge in [-0.15, -0.1) is 11.3 Å². The summed E-state index contributed by atoms with van der Waals surface area (Å²) in [5.41, 5.74) is 1.78. The van der Waals surface area contributed by atoms with E-state index in [1.807, 2.05) is 37.4 Å². The number of hydrogen-bond donors (Lipinski definition) is 1. The molecule has 5 heteroatoms. The quantitative estimate of drug-likeness (QED) is 0.936. The van der Waals surface area contributed by atoms with E-state index in [4.69, 9.17) is 9.47 Å². The van der Waals surface area contributed by atoms with Crippen LogP contribution < -0.4 is 14.8 Å². The molecule has 1 aliphatic rings. The Kier molecular flexibility index (Phi) is 3.84. The van der Waals surface area contributed by atoms with Crippen LogP contribution in [0.3, 0.4) is 0 Å². The Morgan fingerprint density at radius 3 is 3.10 bits per heavy atom. The lowest BCUT2D eigenvalue weighted by Gasteiger charge is -2.13. The minimum Gasteiger partial charge on any atom is -0.492 e. The summed E-state index contributed by atoms with van der Waals surface area (Å²) in [7, 11) is 0. The molecular formula is C16H17NO3S. The maximum atomic E-state index is 12.2. The molecule has 2 heterocycles. The van der Waals surface area contributed by atoms with E-state index in [1.54, 1.807) is 6.07 Å². The summed E-state index contributed by atoms with van der Waals surface area (Å²) >= 11 is 1.41. The molecule has 0 fully saturated rings. The van der Waals surface area contributed by atoms with Gasteiger partial charge in [0.1, 0.15) is 17.6 Å². The predicted octanol–water partition coefficient (Wildman–Crippen LogP) is 3.72. The summed E-state index contributed by atoms with van der Waals surface area (Å²) in [6.45, 7) is 4.51. The summed E-state index contributed by atoms with van der Waals surface area (Å²) < 4.78 is 11.4. The van der Waals surface area contributed by atoms with Gasteiger partial charge < -0.3 is 14.8 Å². The first kappa shape index (κ1) is 13.9. The van der Waals surface area contributed by atoms with Gasteiger partial charge in [0.05, 0.1) is 17.2 Å². The number of fused-ring (bicyclic) bond motifs is 1. The van der Waals surface area contributed by atoms with E-state index >= 15 is 0 Å². The van der Waals surface area contributed by atoms with E-state index in [0.29, 0.717) is 22.9 Å². The van der Waals surface area contributed by atoms with Gasteiger partial charge in [-0.3, -0.25) is 4.79 Å². The number of carbonyl (C=O) groups is 1. The molecule has 0 aliphatic carbocycles. The number of benzene rings is 1. The molecule has 2 aromatic rings. The topological polar surface area (TPSA) is 47.6 Å². The number of thiophene rings is 1. The van der Waals surface area contributed by atoms with Crippen molar-refractivity contribution in [3.05, 3.63) is 40.1 Å². The van der Waals surface area contributed by atoms with Crippen molar-refractivity contribution in [1.82, 2.24) is 0 Å². The van der Waals surface area contributed by atoms with Crippen LogP contribution in [0.25, 0.3) is 0 Å². The predicted molar refractivity (Wildman–Crippen MR) is 83.7 cm³/mol. The van der Waals surface area contributed by atoms with Crippen LogP contribution in [0.5, 0.6) is 11.5 Å². The van der Waals surface area contributed by atoms with Crippen molar-refractivity contribution < 1.29 is 14.3 Å². The van der Waals surface area contributed by atoms with E-state index in [0.717, 1.165) is 17.7 Å². The van der Waals surface area contributed by atoms with Crippen LogP contribution in [0.15, 0.2) is 29.6 Å². The summed E-state index contributed by atoms with van der Waals surface area (Å²) in [5, 5.41) is 4.79. The van der Waals surface area contributed by atoms with Crippen LogP contribution in [0.2, 0.25) is 0 Å². The zero-order chi connectivity index (χ0) is 14.8. The second-order valence-electron chi connectivity index (χ2n) is 4.95. The standard InChI is InChI=1S/C16H17NO3S/c1-3-19-14-8-11-7-10(2)20-13(11)9-12(14)17-16(18)15-5-4-6-21-15/h4-6,8-10H,3,7H2,1-2H3,(H,17,18). The average Bonchev–Trinajstić information content (AvgIpc) is 3.07. The van der Waals surface area contributed by atoms with E-state index < -0.39 is 0 Å². The van der Waals surface area contributed by atoms with Gasteiger partial charge in [-0.25, -0.2) is 0 Å². The minimum absolute atomic E-state index is 0.128. The first-order valence-corrected chi connectivity index (χ1v) is 7.86. The second-order valence-corrected chi connectivity index (χ2v) is 5.90. The summed E-state index contributed by atoms with van der Waals surface area (Å²) in [6.07, 6.45) is 1.03. The highest BCUT2D eigenvalue weighted by Crippen LogP contribution is 2.38. The largest absolute Gasteiger partial charge is 0.492 e. The van der Waals surface area contributed by atoms with Crippen LogP contribution in [0.1, 0.15) is 29.1 Å². The van der Waals surface area contributed by atoms with Crippen LogP contribution in [0, 0.1) is 0 Å². The Bertz CT molecular complexity index is 652. The van der Waals surface area contributed by atoms with Gasteiger partial charge in [0.15, 0.2) is 0 Å². The van der Waals surface area contributed by atoms with E-state index in [9.17, 15) is 4.79 Å². The molecule has 1 amide bonds. The van der Waals surface area contributed by atoms with Crippen molar-refractivity contribution in [2.24, 2.45) is 0 Å². The summed E-state index contributed by atoms with van der Waals surface area (Å²) in [4.78, 5) is 12.9. The lowest BCUT2D eigenvalue weighted by molar-refractivity contribution is 0.103. The molecule has 1 aliphatic heterocycles. The maximum absolute atomic E-state index is 12.2. The van der Waals surface area contributed by atoms with Gasteiger partial charge in [-0.1, -0.05) is 6.07 Å². The van der Waals surface area contributed by atoms with Crippen LogP contribution >= 0.6 is 11.3 Å². The molecule has 1 aromatic carbocycles. The monoisotopic (exact) mass is 303 g/mol. The molecule has 1 atom stereocenters. The number of hydrogen-bond acceptors (Lipinski definition) is 4. The summed E-state index contributed by atoms with van der Waals surface area (Å²) in [5.74, 6) is 1.39. The molecular weight excluding hydrogens is 286 g/mol. The first-order chi connectivity index (χ1) is 10.2. The number of rotatable bonds is 4. The fourth-order valence-corrected chi connectivity index (χ4v) is 3.02. The molecule has 0 saturated carbocycles. The Balaban J connectivity index is 1.90. The van der Waals surface area contributed by atoms with Crippen molar-refractivity contribution in [2.45, 2.75) is 26.4 Å². The number of carbonyl (C=O) groups excluding carboxylic acids is 1. The van der Waals surface area contributed by atoms with Crippen LogP contribution in [-0.2, 0) is 6.42 Å². The number of amides is 1. The third-order valence-corrected chi connectivity index (χ3v) is 4.16. The SMILES string of the molecule is CCOc1cc2c(cc1NC(=O)c1cccs1)OC(C)C2. The Hall–Kier alpha value is -2.01. The number of anilines is 1. The van der Waals surface area contributed by atoms with E-state index in [2.05, 4.69) is 5.32 Å². The molecule has 21 heavy (non-hydrogen) atoms. The van der Waals surface area contributed by atoms with E-state index in [1.165, 1.54) is 11.3 Å². The highest BCUT2D eigenvalue weighted by molar-refractivity contribution is 7.12. The van der Waals surface area contributed by atoms with Gasteiger partial charge >= 0.3 is 0 Å². The Morgan fingerprint density at radius 1 is 1.52 bits per heavy atom. The molecule has 1 N–H and O–H groups in total. The van der Waals surface area contributed by atoms with Gasteiger partial charge in [-0.2, -0.15) is 0 Å². The lowest BCUT2D eigenvalue weighted by Crippen LogP contribution is -2.11. The minimum atomic E-state index is -0.128. The normalized spacial score (nSPS) is 16.2. The molecule has 4 nitrogen and oxygen atoms in total. The van der Waals surface area contributed by atoms with Crippen LogP contribution in [-0.4, -0.2) is 18.6 Å². The number of nitrogens with one attached hydrogen (secondary N) is 1. The van der Waals surface area contributed by atoms with Gasteiger partial charge in [0.25, 0.3) is 5.91 Å². The van der Waals surface area contributed by atoms with Crippen molar-refractivity contribution in [3.63, 3.8) is 0 Å². The fraction of sp³-hybridized carbons (Fsp3) is 0.312. The second kappa shape index (κ2) is 5.77. The Morgan fingerprint density at radius 2 is 2.38 bits per heavy atom. The average molecular weight is 303 g/mol. The molecule has 0 saturated heterocycles. The molecule has 0 bridgehead atoms. The molecule has 1 aromatic heterocycles. The van der Waals surface area contributed by atoms with Crippen molar-refractivity contribution in [2.75, 3.05) is 11.9 Å². The van der Waals surface area contributed by atoms with Gasteiger partial charge in [0, 0.05) is 18.1 Å². The lowest BCUT2D eigenvalue weighted by atomic mass is 10.1. The van der Waals surface area contributed by atoms with Crippen LogP contribution in [0.4, 0.5) is 5.69 Å². The van der Waals surface area contributed by atoms with E-state index in [-0.39, 0.29) is 12.0 Å². The van der Waals surface area contributed by atoms with Gasteiger partial charge in [0.2, 0.25) is 0 Å². The summed E-state index contributed by atoms with van der Waals surface area (Å²) in [6, 6.07) is 7.48. The first-order valence-electron chi connectivity index (χ1n) is 6.98. The van der Waals surface area contributed by atoms with Crippen molar-refractivity contribution in [3.8, 4) is 11.5 Å². The molecule has 0 radical (unpaired) electrons. The third-order valence-electron chi connectivity index (χ3n) is 3.29. The van der Waals surface area contributed by atoms with Gasteiger partial charge in [-0.05, 0) is 31.4 Å². The molecule has 0 spiro atoms. The zero-order valence-corrected chi connectivity index (χ0v) is 12.8. The third kappa shape index (κ3) is 2.88. The fourth-order valence-electron chi connectivity index (χ4n) is 2.40. The smallest absolute Gasteiger partial charge is 0.265 e. The zero-order valence-electron chi connectivity index (χ0n) is 12.0. The molecule has 3 rings (SSSR count). The molecule has 110 valence electrons. The number of ether oxygens (including phenoxy) is 2. The highest BCUT2D eigenvalue weighted by Gasteiger charge is 2.22. The molecule has 1 unspecified atom stereocenters. The van der Waals surface area contributed by atoms with Crippen molar-refractivity contribution in [1.29, 1.82) is 0 Å². The maximum Gasteiger partial charge on any atom is 0.265 e. The Labute approximate surface area is 127 Å².